The number of benzene rings is 1. The van der Waals surface area contributed by atoms with Crippen LogP contribution in [0.25, 0.3) is 10.9 Å². The van der Waals surface area contributed by atoms with Gasteiger partial charge in [-0.25, -0.2) is 4.98 Å². The lowest BCUT2D eigenvalue weighted by molar-refractivity contribution is 0.720. The molecule has 2 aromatic rings. The molecule has 0 aliphatic carbocycles. The minimum absolute atomic E-state index is 0.196. The number of hydrogen-bond acceptors (Lipinski definition) is 4. The van der Waals surface area contributed by atoms with Gasteiger partial charge in [0.25, 0.3) is 5.56 Å². The maximum Gasteiger partial charge on any atom is 0.256 e. The highest BCUT2D eigenvalue weighted by Gasteiger charge is 2.03. The van der Waals surface area contributed by atoms with Gasteiger partial charge in [0.05, 0.1) is 17.4 Å². The molecule has 0 unspecified atom stereocenters. The fraction of sp³-hybridized carbons (Fsp3) is 0.200. The molecule has 0 saturated carbocycles. The van der Waals surface area contributed by atoms with E-state index in [4.69, 9.17) is 0 Å². The first-order chi connectivity index (χ1) is 7.24. The van der Waals surface area contributed by atoms with Crippen molar-refractivity contribution >= 4 is 10.9 Å². The van der Waals surface area contributed by atoms with Crippen molar-refractivity contribution in [2.75, 3.05) is 7.05 Å². The molecule has 0 fully saturated rings. The quantitative estimate of drug-likeness (QED) is 0.771. The molecule has 0 amide bonds. The van der Waals surface area contributed by atoms with Crippen LogP contribution in [0.1, 0.15) is 5.82 Å². The zero-order chi connectivity index (χ0) is 10.8. The maximum absolute atomic E-state index is 11.6. The zero-order valence-electron chi connectivity index (χ0n) is 8.23. The maximum atomic E-state index is 11.6. The minimum atomic E-state index is -0.550. The predicted molar refractivity (Wildman–Crippen MR) is 57.5 cm³/mol. The van der Waals surface area contributed by atoms with Crippen LogP contribution in [0.15, 0.2) is 29.1 Å². The largest absolute Gasteiger partial charge is 0.802 e. The molecule has 0 bridgehead atoms. The molecule has 78 valence electrons. The summed E-state index contributed by atoms with van der Waals surface area (Å²) in [5.41, 5.74) is 0.00528. The Morgan fingerprint density at radius 3 is 2.93 bits per heavy atom. The lowest BCUT2D eigenvalue weighted by atomic mass is 10.2. The van der Waals surface area contributed by atoms with Gasteiger partial charge in [-0.05, 0) is 19.2 Å². The SMILES string of the molecule is CNCc1nc2ccccc2c(=O)n1[O-]. The van der Waals surface area contributed by atoms with Gasteiger partial charge in [-0.2, -0.15) is 0 Å². The Morgan fingerprint density at radius 2 is 2.20 bits per heavy atom. The predicted octanol–water partition coefficient (Wildman–Crippen LogP) is 0.462. The smallest absolute Gasteiger partial charge is 0.256 e. The van der Waals surface area contributed by atoms with E-state index in [-0.39, 0.29) is 12.4 Å². The van der Waals surface area contributed by atoms with Gasteiger partial charge in [-0.15, -0.1) is 0 Å². The summed E-state index contributed by atoms with van der Waals surface area (Å²) in [6.07, 6.45) is 0. The molecule has 1 heterocycles. The molecule has 0 radical (unpaired) electrons. The third-order valence-corrected chi connectivity index (χ3v) is 2.14. The molecular weight excluding hydrogens is 194 g/mol. The van der Waals surface area contributed by atoms with E-state index in [1.165, 1.54) is 0 Å². The third kappa shape index (κ3) is 1.57. The molecule has 15 heavy (non-hydrogen) atoms. The summed E-state index contributed by atoms with van der Waals surface area (Å²) in [4.78, 5) is 15.7. The molecule has 0 spiro atoms. The van der Waals surface area contributed by atoms with Crippen molar-refractivity contribution in [1.29, 1.82) is 0 Å². The summed E-state index contributed by atoms with van der Waals surface area (Å²) in [6.45, 7) is 0.281. The summed E-state index contributed by atoms with van der Waals surface area (Å²) in [7, 11) is 1.70. The van der Waals surface area contributed by atoms with Gasteiger partial charge < -0.3 is 15.3 Å². The molecule has 1 N–H and O–H groups in total. The first-order valence-corrected chi connectivity index (χ1v) is 4.57. The number of fused-ring (bicyclic) bond motifs is 1. The van der Waals surface area contributed by atoms with Crippen LogP contribution in [0.4, 0.5) is 0 Å². The van der Waals surface area contributed by atoms with E-state index in [0.29, 0.717) is 15.6 Å². The standard InChI is InChI=1S/C10H10N3O2/c1-11-6-9-12-8-5-3-2-4-7(8)10(14)13(9)15/h2-5,11H,6H2,1H3/q-1. The fourth-order valence-electron chi connectivity index (χ4n) is 1.43. The van der Waals surface area contributed by atoms with Gasteiger partial charge in [0.1, 0.15) is 5.82 Å². The van der Waals surface area contributed by atoms with Gasteiger partial charge in [-0.1, -0.05) is 12.1 Å². The summed E-state index contributed by atoms with van der Waals surface area (Å²) in [5.74, 6) is 0.196. The summed E-state index contributed by atoms with van der Waals surface area (Å²) < 4.78 is 0.332. The van der Waals surface area contributed by atoms with Crippen molar-refractivity contribution in [2.24, 2.45) is 0 Å². The van der Waals surface area contributed by atoms with Crippen LogP contribution in [0, 0.1) is 5.21 Å². The highest BCUT2D eigenvalue weighted by Crippen LogP contribution is 2.06. The van der Waals surface area contributed by atoms with Crippen molar-refractivity contribution in [3.63, 3.8) is 0 Å². The average Bonchev–Trinajstić information content (AvgIpc) is 2.26. The van der Waals surface area contributed by atoms with Gasteiger partial charge in [0, 0.05) is 0 Å². The van der Waals surface area contributed by atoms with Gasteiger partial charge in [-0.3, -0.25) is 4.79 Å². The van der Waals surface area contributed by atoms with Crippen LogP contribution in [0.2, 0.25) is 0 Å². The van der Waals surface area contributed by atoms with E-state index in [1.54, 1.807) is 31.3 Å². The fourth-order valence-corrected chi connectivity index (χ4v) is 1.43. The average molecular weight is 204 g/mol. The normalized spacial score (nSPS) is 10.7. The van der Waals surface area contributed by atoms with Crippen molar-refractivity contribution in [3.8, 4) is 0 Å². The Balaban J connectivity index is 2.77. The molecule has 1 aromatic carbocycles. The van der Waals surface area contributed by atoms with E-state index < -0.39 is 5.56 Å². The number of nitrogens with zero attached hydrogens (tertiary/aromatic N) is 2. The van der Waals surface area contributed by atoms with Crippen LogP contribution in [0.3, 0.4) is 0 Å². The second-order valence-electron chi connectivity index (χ2n) is 3.18. The van der Waals surface area contributed by atoms with E-state index in [0.717, 1.165) is 0 Å². The van der Waals surface area contributed by atoms with E-state index in [2.05, 4.69) is 10.3 Å². The highest BCUT2D eigenvalue weighted by molar-refractivity contribution is 5.77. The van der Waals surface area contributed by atoms with Crippen LogP contribution in [0.5, 0.6) is 0 Å². The Bertz CT molecular complexity index is 548. The first kappa shape index (κ1) is 9.67. The highest BCUT2D eigenvalue weighted by atomic mass is 16.5. The van der Waals surface area contributed by atoms with E-state index >= 15 is 0 Å². The minimum Gasteiger partial charge on any atom is -0.802 e. The topological polar surface area (TPSA) is 70.0 Å². The molecular formula is C10H10N3O2-. The Labute approximate surface area is 86.0 Å². The number of rotatable bonds is 2. The van der Waals surface area contributed by atoms with Crippen LogP contribution >= 0.6 is 0 Å². The molecule has 2 rings (SSSR count). The third-order valence-electron chi connectivity index (χ3n) is 2.14. The zero-order valence-corrected chi connectivity index (χ0v) is 8.23. The molecule has 5 nitrogen and oxygen atoms in total. The Kier molecular flexibility index (Phi) is 2.39. The van der Waals surface area contributed by atoms with Gasteiger partial charge >= 0.3 is 0 Å². The van der Waals surface area contributed by atoms with Gasteiger partial charge in [0.2, 0.25) is 0 Å². The number of aromatic nitrogens is 2. The number of nitrogens with one attached hydrogen (secondary N) is 1. The first-order valence-electron chi connectivity index (χ1n) is 4.57. The number of hydrogen-bond donors (Lipinski definition) is 1. The lowest BCUT2D eigenvalue weighted by Crippen LogP contribution is -2.24. The van der Waals surface area contributed by atoms with Crippen molar-refractivity contribution in [1.82, 2.24) is 15.0 Å². The lowest BCUT2D eigenvalue weighted by Gasteiger charge is -2.15. The summed E-state index contributed by atoms with van der Waals surface area (Å²) >= 11 is 0. The molecule has 0 saturated heterocycles. The summed E-state index contributed by atoms with van der Waals surface area (Å²) in [6, 6.07) is 6.81. The van der Waals surface area contributed by atoms with Crippen molar-refractivity contribution < 1.29 is 0 Å². The second-order valence-corrected chi connectivity index (χ2v) is 3.18. The molecule has 0 atom stereocenters. The molecule has 0 aliphatic heterocycles. The van der Waals surface area contributed by atoms with Crippen LogP contribution in [-0.2, 0) is 6.54 Å². The van der Waals surface area contributed by atoms with Crippen molar-refractivity contribution in [2.45, 2.75) is 6.54 Å². The molecule has 1 aromatic heterocycles. The Morgan fingerprint density at radius 1 is 1.47 bits per heavy atom. The van der Waals surface area contributed by atoms with Crippen LogP contribution < -0.4 is 10.9 Å². The summed E-state index contributed by atoms with van der Waals surface area (Å²) in [5, 5.41) is 14.6. The number of para-hydroxylation sites is 1. The van der Waals surface area contributed by atoms with Crippen LogP contribution in [-0.4, -0.2) is 16.8 Å². The van der Waals surface area contributed by atoms with Crippen molar-refractivity contribution in [3.05, 3.63) is 45.7 Å². The Hall–Kier alpha value is -1.88. The second kappa shape index (κ2) is 3.70. The molecule has 5 heteroatoms. The monoisotopic (exact) mass is 204 g/mol. The van der Waals surface area contributed by atoms with E-state index in [9.17, 15) is 10.0 Å². The van der Waals surface area contributed by atoms with Gasteiger partial charge in [0.15, 0.2) is 0 Å². The molecule has 0 aliphatic rings. The van der Waals surface area contributed by atoms with E-state index in [1.807, 2.05) is 0 Å².